The molecule has 0 radical (unpaired) electrons. The Hall–Kier alpha value is -1.54. The third-order valence-electron chi connectivity index (χ3n) is 3.64. The molecule has 134 valence electrons. The van der Waals surface area contributed by atoms with Gasteiger partial charge in [-0.15, -0.1) is 0 Å². The van der Waals surface area contributed by atoms with Crippen LogP contribution in [0.2, 0.25) is 0 Å². The predicted molar refractivity (Wildman–Crippen MR) is 89.3 cm³/mol. The topological polar surface area (TPSA) is 43.3 Å². The first kappa shape index (κ1) is 18.8. The van der Waals surface area contributed by atoms with Crippen molar-refractivity contribution < 1.29 is 22.1 Å². The number of benzene rings is 1. The molecule has 2 atom stereocenters. The lowest BCUT2D eigenvalue weighted by Gasteiger charge is -2.26. The number of fused-ring (bicyclic) bond motifs is 1. The molecule has 2 aromatic rings. The SMILES string of the molecule is COc1cccc2c1c(C(NS(=O)C(C)(C)C)C(F)(F)F)cn2C. The number of rotatable bonds is 4. The second-order valence-electron chi connectivity index (χ2n) is 6.52. The van der Waals surface area contributed by atoms with Gasteiger partial charge in [-0.2, -0.15) is 13.2 Å². The summed E-state index contributed by atoms with van der Waals surface area (Å²) in [7, 11) is 1.20. The quantitative estimate of drug-likeness (QED) is 0.898. The summed E-state index contributed by atoms with van der Waals surface area (Å²) in [4.78, 5) is 0. The van der Waals surface area contributed by atoms with Gasteiger partial charge in [0.15, 0.2) is 0 Å². The number of alkyl halides is 3. The fraction of sp³-hybridized carbons (Fsp3) is 0.500. The maximum atomic E-state index is 13.7. The van der Waals surface area contributed by atoms with Gasteiger partial charge in [-0.3, -0.25) is 0 Å². The van der Waals surface area contributed by atoms with E-state index in [1.54, 1.807) is 50.6 Å². The van der Waals surface area contributed by atoms with E-state index in [0.29, 0.717) is 16.7 Å². The Morgan fingerprint density at radius 2 is 1.88 bits per heavy atom. The van der Waals surface area contributed by atoms with Crippen molar-refractivity contribution in [1.29, 1.82) is 0 Å². The summed E-state index contributed by atoms with van der Waals surface area (Å²) < 4.78 is 61.6. The first-order valence-corrected chi connectivity index (χ1v) is 8.48. The van der Waals surface area contributed by atoms with Crippen LogP contribution in [0.25, 0.3) is 10.9 Å². The van der Waals surface area contributed by atoms with Gasteiger partial charge in [-0.05, 0) is 32.9 Å². The van der Waals surface area contributed by atoms with Gasteiger partial charge in [0.2, 0.25) is 0 Å². The number of nitrogens with one attached hydrogen (secondary N) is 1. The van der Waals surface area contributed by atoms with Crippen LogP contribution in [0.5, 0.6) is 5.75 Å². The lowest BCUT2D eigenvalue weighted by molar-refractivity contribution is -0.152. The summed E-state index contributed by atoms with van der Waals surface area (Å²) in [6, 6.07) is 2.99. The Balaban J connectivity index is 2.64. The molecule has 1 aromatic carbocycles. The largest absolute Gasteiger partial charge is 0.496 e. The van der Waals surface area contributed by atoms with Gasteiger partial charge in [-0.25, -0.2) is 8.93 Å². The van der Waals surface area contributed by atoms with Crippen LogP contribution in [0, 0.1) is 0 Å². The Morgan fingerprint density at radius 1 is 1.25 bits per heavy atom. The fourth-order valence-corrected chi connectivity index (χ4v) is 3.25. The zero-order valence-corrected chi connectivity index (χ0v) is 15.0. The fourth-order valence-electron chi connectivity index (χ4n) is 2.43. The van der Waals surface area contributed by atoms with Gasteiger partial charge in [-0.1, -0.05) is 6.07 Å². The summed E-state index contributed by atoms with van der Waals surface area (Å²) in [6.45, 7) is 4.85. The standard InChI is InChI=1S/C16H21F3N2O2S/c1-15(2,3)24(22)20-14(16(17,18)19)10-9-21(4)11-7-6-8-12(23-5)13(10)11/h6-9,14,20H,1-5H3. The van der Waals surface area contributed by atoms with E-state index in [0.717, 1.165) is 0 Å². The third kappa shape index (κ3) is 3.59. The van der Waals surface area contributed by atoms with Gasteiger partial charge < -0.3 is 9.30 Å². The first-order chi connectivity index (χ1) is 11.0. The predicted octanol–water partition coefficient (Wildman–Crippen LogP) is 3.84. The minimum Gasteiger partial charge on any atom is -0.496 e. The number of hydrogen-bond donors (Lipinski definition) is 1. The number of nitrogens with zero attached hydrogens (tertiary/aromatic N) is 1. The Bertz CT molecular complexity index is 763. The smallest absolute Gasteiger partial charge is 0.408 e. The molecule has 4 nitrogen and oxygen atoms in total. The first-order valence-electron chi connectivity index (χ1n) is 7.33. The molecule has 0 fully saturated rings. The van der Waals surface area contributed by atoms with Crippen LogP contribution in [-0.2, 0) is 18.0 Å². The molecule has 8 heteroatoms. The van der Waals surface area contributed by atoms with Crippen LogP contribution in [0.1, 0.15) is 32.4 Å². The van der Waals surface area contributed by atoms with Gasteiger partial charge >= 0.3 is 6.18 Å². The number of halogens is 3. The van der Waals surface area contributed by atoms with Crippen LogP contribution in [0.3, 0.4) is 0 Å². The van der Waals surface area contributed by atoms with Gasteiger partial charge in [0, 0.05) is 24.2 Å². The Labute approximate surface area is 141 Å². The highest BCUT2D eigenvalue weighted by atomic mass is 32.2. The maximum Gasteiger partial charge on any atom is 0.408 e. The van der Waals surface area contributed by atoms with Crippen molar-refractivity contribution in [2.45, 2.75) is 37.7 Å². The van der Waals surface area contributed by atoms with Crippen LogP contribution in [-0.4, -0.2) is 26.8 Å². The molecule has 0 amide bonds. The van der Waals surface area contributed by atoms with Crippen LogP contribution in [0.15, 0.2) is 24.4 Å². The van der Waals surface area contributed by atoms with E-state index in [9.17, 15) is 17.4 Å². The molecule has 2 unspecified atom stereocenters. The molecule has 0 aliphatic carbocycles. The zero-order chi connectivity index (χ0) is 18.3. The van der Waals surface area contributed by atoms with Crippen molar-refractivity contribution in [3.63, 3.8) is 0 Å². The second kappa shape index (κ2) is 6.40. The maximum absolute atomic E-state index is 13.7. The number of methoxy groups -OCH3 is 1. The normalized spacial score (nSPS) is 15.5. The van der Waals surface area contributed by atoms with Crippen molar-refractivity contribution in [2.24, 2.45) is 7.05 Å². The summed E-state index contributed by atoms with van der Waals surface area (Å²) >= 11 is 0. The van der Waals surface area contributed by atoms with Crippen molar-refractivity contribution in [3.8, 4) is 5.75 Å². The molecule has 1 N–H and O–H groups in total. The number of aryl methyl sites for hydroxylation is 1. The van der Waals surface area contributed by atoms with E-state index in [1.807, 2.05) is 0 Å². The van der Waals surface area contributed by atoms with E-state index in [4.69, 9.17) is 4.74 Å². The van der Waals surface area contributed by atoms with Gasteiger partial charge in [0.1, 0.15) is 11.8 Å². The third-order valence-corrected chi connectivity index (χ3v) is 5.21. The molecule has 0 spiro atoms. The highest BCUT2D eigenvalue weighted by Crippen LogP contribution is 2.41. The van der Waals surface area contributed by atoms with Crippen molar-refractivity contribution in [2.75, 3.05) is 7.11 Å². The molecule has 24 heavy (non-hydrogen) atoms. The summed E-state index contributed by atoms with van der Waals surface area (Å²) in [5, 5.41) is 0.364. The molecular formula is C16H21F3N2O2S. The van der Waals surface area contributed by atoms with Crippen LogP contribution < -0.4 is 9.46 Å². The molecule has 1 heterocycles. The molecule has 0 bridgehead atoms. The van der Waals surface area contributed by atoms with Crippen molar-refractivity contribution in [1.82, 2.24) is 9.29 Å². The molecule has 0 aliphatic rings. The molecule has 0 saturated heterocycles. The monoisotopic (exact) mass is 362 g/mol. The minimum atomic E-state index is -4.60. The van der Waals surface area contributed by atoms with Crippen molar-refractivity contribution in [3.05, 3.63) is 30.0 Å². The van der Waals surface area contributed by atoms with Crippen molar-refractivity contribution >= 4 is 21.9 Å². The average molecular weight is 362 g/mol. The Morgan fingerprint density at radius 3 is 2.38 bits per heavy atom. The Kier molecular flexibility index (Phi) is 5.01. The molecular weight excluding hydrogens is 341 g/mol. The molecule has 2 rings (SSSR count). The molecule has 0 saturated carbocycles. The van der Waals surface area contributed by atoms with Gasteiger partial charge in [0.25, 0.3) is 0 Å². The number of aromatic nitrogens is 1. The summed E-state index contributed by atoms with van der Waals surface area (Å²) in [5.41, 5.74) is 0.608. The number of ether oxygens (including phenoxy) is 1. The second-order valence-corrected chi connectivity index (χ2v) is 8.52. The lowest BCUT2D eigenvalue weighted by atomic mass is 10.1. The number of hydrogen-bond acceptors (Lipinski definition) is 2. The summed E-state index contributed by atoms with van der Waals surface area (Å²) in [5.74, 6) is 0.348. The minimum absolute atomic E-state index is 0.00458. The highest BCUT2D eigenvalue weighted by Gasteiger charge is 2.44. The van der Waals surface area contributed by atoms with E-state index in [2.05, 4.69) is 4.72 Å². The summed E-state index contributed by atoms with van der Waals surface area (Å²) in [6.07, 6.45) is -3.20. The van der Waals surface area contributed by atoms with E-state index < -0.39 is 28.0 Å². The average Bonchev–Trinajstić information content (AvgIpc) is 2.79. The zero-order valence-electron chi connectivity index (χ0n) is 14.2. The molecule has 0 aliphatic heterocycles. The van der Waals surface area contributed by atoms with E-state index >= 15 is 0 Å². The van der Waals surface area contributed by atoms with E-state index in [-0.39, 0.29) is 5.56 Å². The highest BCUT2D eigenvalue weighted by molar-refractivity contribution is 7.84. The van der Waals surface area contributed by atoms with Crippen LogP contribution >= 0.6 is 0 Å². The van der Waals surface area contributed by atoms with E-state index in [1.165, 1.54) is 13.3 Å². The van der Waals surface area contributed by atoms with Crippen LogP contribution in [0.4, 0.5) is 13.2 Å². The van der Waals surface area contributed by atoms with Gasteiger partial charge in [0.05, 0.1) is 28.4 Å². The lowest BCUT2D eigenvalue weighted by Crippen LogP contribution is -2.41. The molecule has 1 aromatic heterocycles.